The molecule has 0 aromatic rings. The van der Waals surface area contributed by atoms with Gasteiger partial charge in [0.1, 0.15) is 0 Å². The van der Waals surface area contributed by atoms with Crippen LogP contribution in [0.15, 0.2) is 0 Å². The zero-order valence-corrected chi connectivity index (χ0v) is 5.55. The van der Waals surface area contributed by atoms with Gasteiger partial charge in [-0.05, 0) is 12.8 Å². The van der Waals surface area contributed by atoms with Crippen molar-refractivity contribution in [3.63, 3.8) is 0 Å². The summed E-state index contributed by atoms with van der Waals surface area (Å²) in [5.74, 6) is 0. The standard InChI is InChI=1S/C6H14O2/c1-3-4-5-6(7)8-2/h6-7H,3-5H2,1-2H3/t6-/m1/s1. The molecule has 0 aliphatic rings. The van der Waals surface area contributed by atoms with Crippen molar-refractivity contribution >= 4 is 0 Å². The smallest absolute Gasteiger partial charge is 0.154 e. The molecule has 0 unspecified atom stereocenters. The molecule has 0 aliphatic heterocycles. The van der Waals surface area contributed by atoms with E-state index in [0.29, 0.717) is 0 Å². The molecular formula is C6H14O2. The van der Waals surface area contributed by atoms with Crippen molar-refractivity contribution in [1.29, 1.82) is 0 Å². The summed E-state index contributed by atoms with van der Waals surface area (Å²) in [6, 6.07) is 0. The Kier molecular flexibility index (Phi) is 5.01. The van der Waals surface area contributed by atoms with E-state index in [1.54, 1.807) is 0 Å². The van der Waals surface area contributed by atoms with Crippen molar-refractivity contribution in [3.8, 4) is 0 Å². The molecule has 0 aromatic carbocycles. The highest BCUT2D eigenvalue weighted by atomic mass is 16.6. The van der Waals surface area contributed by atoms with Gasteiger partial charge >= 0.3 is 0 Å². The zero-order chi connectivity index (χ0) is 6.41. The van der Waals surface area contributed by atoms with Crippen LogP contribution in [0.4, 0.5) is 0 Å². The highest BCUT2D eigenvalue weighted by Gasteiger charge is 1.96. The van der Waals surface area contributed by atoms with E-state index in [-0.39, 0.29) is 0 Å². The predicted molar refractivity (Wildman–Crippen MR) is 32.5 cm³/mol. The fourth-order valence-corrected chi connectivity index (χ4v) is 0.497. The van der Waals surface area contributed by atoms with E-state index in [1.807, 2.05) is 0 Å². The minimum absolute atomic E-state index is 0.546. The van der Waals surface area contributed by atoms with Gasteiger partial charge in [0.25, 0.3) is 0 Å². The minimum atomic E-state index is -0.546. The number of methoxy groups -OCH3 is 1. The number of unbranched alkanes of at least 4 members (excludes halogenated alkanes) is 1. The normalized spacial score (nSPS) is 13.9. The maximum absolute atomic E-state index is 8.77. The van der Waals surface area contributed by atoms with Crippen LogP contribution in [-0.2, 0) is 4.74 Å². The van der Waals surface area contributed by atoms with E-state index in [4.69, 9.17) is 5.11 Å². The molecule has 0 saturated carbocycles. The maximum Gasteiger partial charge on any atom is 0.154 e. The van der Waals surface area contributed by atoms with E-state index in [9.17, 15) is 0 Å². The molecular weight excluding hydrogens is 104 g/mol. The summed E-state index contributed by atoms with van der Waals surface area (Å²) in [6.07, 6.45) is 2.36. The fourth-order valence-electron chi connectivity index (χ4n) is 0.497. The van der Waals surface area contributed by atoms with Gasteiger partial charge in [-0.1, -0.05) is 13.3 Å². The lowest BCUT2D eigenvalue weighted by Crippen LogP contribution is -2.07. The predicted octanol–water partition coefficient (Wildman–Crippen LogP) is 1.14. The average Bonchev–Trinajstić information content (AvgIpc) is 1.83. The summed E-state index contributed by atoms with van der Waals surface area (Å²) in [4.78, 5) is 0. The molecule has 50 valence electrons. The van der Waals surface area contributed by atoms with Crippen LogP contribution >= 0.6 is 0 Å². The molecule has 0 bridgehead atoms. The van der Waals surface area contributed by atoms with Crippen LogP contribution in [0.5, 0.6) is 0 Å². The Bertz CT molecular complexity index is 45.8. The van der Waals surface area contributed by atoms with Gasteiger partial charge in [0, 0.05) is 7.11 Å². The summed E-state index contributed by atoms with van der Waals surface area (Å²) in [5, 5.41) is 8.77. The molecule has 1 atom stereocenters. The summed E-state index contributed by atoms with van der Waals surface area (Å²) >= 11 is 0. The Balaban J connectivity index is 2.86. The second kappa shape index (κ2) is 5.06. The second-order valence-corrected chi connectivity index (χ2v) is 1.83. The number of hydrogen-bond acceptors (Lipinski definition) is 2. The lowest BCUT2D eigenvalue weighted by molar-refractivity contribution is -0.0790. The quantitative estimate of drug-likeness (QED) is 0.561. The van der Waals surface area contributed by atoms with Crippen LogP contribution in [0, 0.1) is 0 Å². The van der Waals surface area contributed by atoms with Gasteiger partial charge in [0.2, 0.25) is 0 Å². The van der Waals surface area contributed by atoms with E-state index in [2.05, 4.69) is 11.7 Å². The van der Waals surface area contributed by atoms with Gasteiger partial charge in [0.05, 0.1) is 0 Å². The van der Waals surface area contributed by atoms with Crippen LogP contribution in [0.2, 0.25) is 0 Å². The molecule has 0 fully saturated rings. The van der Waals surface area contributed by atoms with Crippen LogP contribution in [0.1, 0.15) is 26.2 Å². The monoisotopic (exact) mass is 118 g/mol. The Labute approximate surface area is 50.5 Å². The number of aliphatic hydroxyl groups excluding tert-OH is 1. The largest absolute Gasteiger partial charge is 0.368 e. The van der Waals surface area contributed by atoms with Gasteiger partial charge in [-0.25, -0.2) is 0 Å². The summed E-state index contributed by atoms with van der Waals surface area (Å²) in [7, 11) is 1.51. The first-order valence-electron chi connectivity index (χ1n) is 3.02. The molecule has 0 heterocycles. The van der Waals surface area contributed by atoms with E-state index < -0.39 is 6.29 Å². The van der Waals surface area contributed by atoms with Crippen molar-refractivity contribution < 1.29 is 9.84 Å². The average molecular weight is 118 g/mol. The third kappa shape index (κ3) is 4.09. The lowest BCUT2D eigenvalue weighted by atomic mass is 10.2. The summed E-state index contributed by atoms with van der Waals surface area (Å²) in [6.45, 7) is 2.09. The Morgan fingerprint density at radius 3 is 2.62 bits per heavy atom. The Hall–Kier alpha value is -0.0800. The molecule has 2 heteroatoms. The molecule has 8 heavy (non-hydrogen) atoms. The number of rotatable bonds is 4. The van der Waals surface area contributed by atoms with Gasteiger partial charge in [-0.15, -0.1) is 0 Å². The van der Waals surface area contributed by atoms with Gasteiger partial charge in [-0.3, -0.25) is 0 Å². The minimum Gasteiger partial charge on any atom is -0.368 e. The molecule has 0 aromatic heterocycles. The Morgan fingerprint density at radius 2 is 2.25 bits per heavy atom. The molecule has 1 N–H and O–H groups in total. The number of hydrogen-bond donors (Lipinski definition) is 1. The third-order valence-corrected chi connectivity index (χ3v) is 1.08. The number of aliphatic hydroxyl groups is 1. The second-order valence-electron chi connectivity index (χ2n) is 1.83. The summed E-state index contributed by atoms with van der Waals surface area (Å²) in [5.41, 5.74) is 0. The van der Waals surface area contributed by atoms with Crippen LogP contribution < -0.4 is 0 Å². The van der Waals surface area contributed by atoms with Crippen molar-refractivity contribution in [1.82, 2.24) is 0 Å². The maximum atomic E-state index is 8.77. The third-order valence-electron chi connectivity index (χ3n) is 1.08. The molecule has 0 aliphatic carbocycles. The first-order chi connectivity index (χ1) is 3.81. The molecule has 2 nitrogen and oxygen atoms in total. The Morgan fingerprint density at radius 1 is 1.62 bits per heavy atom. The SMILES string of the molecule is CCCC[C@H](O)OC. The van der Waals surface area contributed by atoms with Crippen LogP contribution in [-0.4, -0.2) is 18.5 Å². The molecule has 0 saturated heterocycles. The number of ether oxygens (including phenoxy) is 1. The van der Waals surface area contributed by atoms with Gasteiger partial charge in [-0.2, -0.15) is 0 Å². The fraction of sp³-hybridized carbons (Fsp3) is 1.00. The summed E-state index contributed by atoms with van der Waals surface area (Å²) < 4.78 is 4.61. The first kappa shape index (κ1) is 7.92. The van der Waals surface area contributed by atoms with E-state index >= 15 is 0 Å². The topological polar surface area (TPSA) is 29.5 Å². The van der Waals surface area contributed by atoms with Crippen LogP contribution in [0.25, 0.3) is 0 Å². The molecule has 0 amide bonds. The van der Waals surface area contributed by atoms with Crippen molar-refractivity contribution in [2.45, 2.75) is 32.5 Å². The van der Waals surface area contributed by atoms with Gasteiger partial charge < -0.3 is 9.84 Å². The van der Waals surface area contributed by atoms with Crippen LogP contribution in [0.3, 0.4) is 0 Å². The molecule has 0 radical (unpaired) electrons. The van der Waals surface area contributed by atoms with E-state index in [0.717, 1.165) is 19.3 Å². The van der Waals surface area contributed by atoms with Crippen molar-refractivity contribution in [3.05, 3.63) is 0 Å². The highest BCUT2D eigenvalue weighted by Crippen LogP contribution is 1.98. The van der Waals surface area contributed by atoms with Gasteiger partial charge in [0.15, 0.2) is 6.29 Å². The molecule has 0 spiro atoms. The first-order valence-corrected chi connectivity index (χ1v) is 3.02. The van der Waals surface area contributed by atoms with Crippen molar-refractivity contribution in [2.24, 2.45) is 0 Å². The van der Waals surface area contributed by atoms with E-state index in [1.165, 1.54) is 7.11 Å². The molecule has 0 rings (SSSR count). The highest BCUT2D eigenvalue weighted by molar-refractivity contribution is 4.39. The lowest BCUT2D eigenvalue weighted by Gasteiger charge is -2.04. The van der Waals surface area contributed by atoms with Crippen molar-refractivity contribution in [2.75, 3.05) is 7.11 Å². The zero-order valence-electron chi connectivity index (χ0n) is 5.55.